The molecule has 0 saturated carbocycles. The van der Waals surface area contributed by atoms with Crippen LogP contribution >= 0.6 is 23.4 Å². The molecule has 0 aliphatic heterocycles. The minimum absolute atomic E-state index is 0.260. The molecule has 20 heavy (non-hydrogen) atoms. The molecule has 2 aromatic rings. The van der Waals surface area contributed by atoms with Crippen molar-refractivity contribution < 1.29 is 0 Å². The molecule has 1 aromatic carbocycles. The molecule has 0 aliphatic rings. The summed E-state index contributed by atoms with van der Waals surface area (Å²) in [6.07, 6.45) is 3.91. The van der Waals surface area contributed by atoms with E-state index in [1.807, 2.05) is 36.3 Å². The average molecular weight is 310 g/mol. The van der Waals surface area contributed by atoms with Crippen molar-refractivity contribution in [3.8, 4) is 0 Å². The zero-order valence-corrected chi connectivity index (χ0v) is 13.4. The largest absolute Gasteiger partial charge is 0.334 e. The van der Waals surface area contributed by atoms with E-state index in [9.17, 15) is 0 Å². The van der Waals surface area contributed by atoms with Crippen molar-refractivity contribution in [3.05, 3.63) is 47.5 Å². The summed E-state index contributed by atoms with van der Waals surface area (Å²) < 4.78 is 2.19. The number of hydrogen-bond donors (Lipinski definition) is 1. The Bertz CT molecular complexity index is 524. The SMILES string of the molecule is CCNC(CSc1ccc(Cl)cc1)c1nccn1CC. The lowest BCUT2D eigenvalue weighted by atomic mass is 10.3. The van der Waals surface area contributed by atoms with Gasteiger partial charge in [0, 0.05) is 34.6 Å². The monoisotopic (exact) mass is 309 g/mol. The molecule has 0 spiro atoms. The van der Waals surface area contributed by atoms with Crippen LogP contribution in [0.4, 0.5) is 0 Å². The highest BCUT2D eigenvalue weighted by molar-refractivity contribution is 7.99. The van der Waals surface area contributed by atoms with Gasteiger partial charge in [0.05, 0.1) is 6.04 Å². The Morgan fingerprint density at radius 3 is 2.70 bits per heavy atom. The number of benzene rings is 1. The Kier molecular flexibility index (Phi) is 5.95. The number of aromatic nitrogens is 2. The average Bonchev–Trinajstić information content (AvgIpc) is 2.93. The van der Waals surface area contributed by atoms with Gasteiger partial charge >= 0.3 is 0 Å². The fourth-order valence-corrected chi connectivity index (χ4v) is 3.16. The van der Waals surface area contributed by atoms with E-state index in [-0.39, 0.29) is 6.04 Å². The molecule has 0 aliphatic carbocycles. The number of rotatable bonds is 7. The molecule has 0 saturated heterocycles. The molecule has 0 bridgehead atoms. The molecule has 0 radical (unpaired) electrons. The first-order chi connectivity index (χ1) is 9.74. The van der Waals surface area contributed by atoms with Crippen molar-refractivity contribution in [2.75, 3.05) is 12.3 Å². The zero-order valence-electron chi connectivity index (χ0n) is 11.8. The number of thioether (sulfide) groups is 1. The van der Waals surface area contributed by atoms with Gasteiger partial charge in [0.1, 0.15) is 5.82 Å². The minimum Gasteiger partial charge on any atom is -0.334 e. The molecule has 1 atom stereocenters. The summed E-state index contributed by atoms with van der Waals surface area (Å²) in [5.41, 5.74) is 0. The highest BCUT2D eigenvalue weighted by atomic mass is 35.5. The molecule has 1 heterocycles. The maximum absolute atomic E-state index is 5.91. The fraction of sp³-hybridized carbons (Fsp3) is 0.400. The van der Waals surface area contributed by atoms with E-state index in [1.54, 1.807) is 0 Å². The normalized spacial score (nSPS) is 12.6. The van der Waals surface area contributed by atoms with Crippen molar-refractivity contribution in [3.63, 3.8) is 0 Å². The van der Waals surface area contributed by atoms with Crippen LogP contribution in [-0.4, -0.2) is 21.8 Å². The maximum atomic E-state index is 5.91. The molecule has 5 heteroatoms. The summed E-state index contributed by atoms with van der Waals surface area (Å²) in [5, 5.41) is 4.29. The Hall–Kier alpha value is -0.970. The second kappa shape index (κ2) is 7.72. The first kappa shape index (κ1) is 15.4. The van der Waals surface area contributed by atoms with E-state index in [1.165, 1.54) is 4.90 Å². The van der Waals surface area contributed by atoms with E-state index >= 15 is 0 Å². The number of hydrogen-bond acceptors (Lipinski definition) is 3. The molecule has 3 nitrogen and oxygen atoms in total. The number of nitrogens with zero attached hydrogens (tertiary/aromatic N) is 2. The highest BCUT2D eigenvalue weighted by Gasteiger charge is 2.15. The predicted molar refractivity (Wildman–Crippen MR) is 86.5 cm³/mol. The third-order valence-corrected chi connectivity index (χ3v) is 4.44. The van der Waals surface area contributed by atoms with Crippen molar-refractivity contribution >= 4 is 23.4 Å². The van der Waals surface area contributed by atoms with Crippen molar-refractivity contribution in [1.29, 1.82) is 0 Å². The molecule has 108 valence electrons. The van der Waals surface area contributed by atoms with Crippen molar-refractivity contribution in [1.82, 2.24) is 14.9 Å². The third-order valence-electron chi connectivity index (χ3n) is 3.08. The molecular formula is C15H20ClN3S. The van der Waals surface area contributed by atoms with Crippen LogP contribution in [0.1, 0.15) is 25.7 Å². The molecular weight excluding hydrogens is 290 g/mol. The van der Waals surface area contributed by atoms with Gasteiger partial charge in [-0.1, -0.05) is 18.5 Å². The first-order valence-corrected chi connectivity index (χ1v) is 8.23. The predicted octanol–water partition coefficient (Wildman–Crippen LogP) is 4.00. The van der Waals surface area contributed by atoms with Gasteiger partial charge in [-0.15, -0.1) is 11.8 Å². The van der Waals surface area contributed by atoms with E-state index in [0.717, 1.165) is 29.7 Å². The standard InChI is InChI=1S/C15H20ClN3S/c1-3-17-14(15-18-9-10-19(15)4-2)11-20-13-7-5-12(16)6-8-13/h5-10,14,17H,3-4,11H2,1-2H3. The van der Waals surface area contributed by atoms with Gasteiger partial charge in [-0.3, -0.25) is 0 Å². The van der Waals surface area contributed by atoms with Gasteiger partial charge in [0.15, 0.2) is 0 Å². The summed E-state index contributed by atoms with van der Waals surface area (Å²) in [6, 6.07) is 8.23. The van der Waals surface area contributed by atoms with Crippen LogP contribution < -0.4 is 5.32 Å². The Labute approximate surface area is 129 Å². The zero-order chi connectivity index (χ0) is 14.4. The van der Waals surface area contributed by atoms with Crippen LogP contribution in [0.3, 0.4) is 0 Å². The minimum atomic E-state index is 0.260. The van der Waals surface area contributed by atoms with E-state index in [0.29, 0.717) is 0 Å². The van der Waals surface area contributed by atoms with Crippen LogP contribution in [0.15, 0.2) is 41.6 Å². The lowest BCUT2D eigenvalue weighted by molar-refractivity contribution is 0.539. The summed E-state index contributed by atoms with van der Waals surface area (Å²) >= 11 is 7.73. The second-order valence-corrected chi connectivity index (χ2v) is 5.98. The van der Waals surface area contributed by atoms with Gasteiger partial charge < -0.3 is 9.88 Å². The van der Waals surface area contributed by atoms with E-state index in [2.05, 4.69) is 40.8 Å². The lowest BCUT2D eigenvalue weighted by Crippen LogP contribution is -2.26. The van der Waals surface area contributed by atoms with Gasteiger partial charge in [0.2, 0.25) is 0 Å². The van der Waals surface area contributed by atoms with Crippen LogP contribution in [0, 0.1) is 0 Å². The van der Waals surface area contributed by atoms with E-state index < -0.39 is 0 Å². The highest BCUT2D eigenvalue weighted by Crippen LogP contribution is 2.25. The van der Waals surface area contributed by atoms with Crippen molar-refractivity contribution in [2.45, 2.75) is 31.3 Å². The van der Waals surface area contributed by atoms with Crippen LogP contribution in [0.2, 0.25) is 5.02 Å². The van der Waals surface area contributed by atoms with Gasteiger partial charge in [0.25, 0.3) is 0 Å². The molecule has 1 aromatic heterocycles. The molecule has 0 fully saturated rings. The lowest BCUT2D eigenvalue weighted by Gasteiger charge is -2.18. The van der Waals surface area contributed by atoms with E-state index in [4.69, 9.17) is 11.6 Å². The first-order valence-electron chi connectivity index (χ1n) is 6.87. The quantitative estimate of drug-likeness (QED) is 0.784. The summed E-state index contributed by atoms with van der Waals surface area (Å²) in [4.78, 5) is 5.73. The van der Waals surface area contributed by atoms with Gasteiger partial charge in [-0.05, 0) is 37.7 Å². The fourth-order valence-electron chi connectivity index (χ4n) is 2.08. The molecule has 1 unspecified atom stereocenters. The number of imidazole rings is 1. The number of nitrogens with one attached hydrogen (secondary N) is 1. The van der Waals surface area contributed by atoms with Crippen LogP contribution in [0.5, 0.6) is 0 Å². The van der Waals surface area contributed by atoms with Crippen LogP contribution in [0.25, 0.3) is 0 Å². The summed E-state index contributed by atoms with van der Waals surface area (Å²) in [5.74, 6) is 2.06. The van der Waals surface area contributed by atoms with Gasteiger partial charge in [-0.2, -0.15) is 0 Å². The summed E-state index contributed by atoms with van der Waals surface area (Å²) in [6.45, 7) is 6.14. The smallest absolute Gasteiger partial charge is 0.126 e. The Morgan fingerprint density at radius 2 is 2.05 bits per heavy atom. The van der Waals surface area contributed by atoms with Crippen molar-refractivity contribution in [2.24, 2.45) is 0 Å². The maximum Gasteiger partial charge on any atom is 0.126 e. The molecule has 2 rings (SSSR count). The molecule has 0 amide bonds. The number of halogens is 1. The second-order valence-electron chi connectivity index (χ2n) is 4.45. The topological polar surface area (TPSA) is 29.9 Å². The Morgan fingerprint density at radius 1 is 1.30 bits per heavy atom. The summed E-state index contributed by atoms with van der Waals surface area (Å²) in [7, 11) is 0. The van der Waals surface area contributed by atoms with Crippen LogP contribution in [-0.2, 0) is 6.54 Å². The molecule has 1 N–H and O–H groups in total. The Balaban J connectivity index is 2.04. The third kappa shape index (κ3) is 4.01. The van der Waals surface area contributed by atoms with Gasteiger partial charge in [-0.25, -0.2) is 4.98 Å². The number of aryl methyl sites for hydroxylation is 1.